The van der Waals surface area contributed by atoms with E-state index in [2.05, 4.69) is 100 Å². The number of oxazole rings is 3. The largest absolute Gasteiger partial charge is 0.441 e. The Labute approximate surface area is 511 Å². The lowest BCUT2D eigenvalue weighted by Gasteiger charge is -2.21. The SMILES string of the molecule is C=C(NC(=O)C(=C)NC(=O)C(=C)NC(=O)c1ccc2c(n1)-c1nc(oc1C)C(=C)NC(=O)C(=C)NC(=O)c1nc(oc1C)C(CC)=CC(=O)c1csc(n1)C(OC)NC(=O)c1nc(oc1C)C(=CC(C)O)NC(=O)C(C(C)O)NC(=O)c1csc-2n1)C(N)=O. The number of nitrogens with one attached hydrogen (secondary N) is 8. The number of pyridine rings is 1. The summed E-state index contributed by atoms with van der Waals surface area (Å²) in [5.74, 6) is -10.6. The van der Waals surface area contributed by atoms with Gasteiger partial charge in [-0.05, 0) is 65.3 Å². The number of thiazole rings is 2. The van der Waals surface area contributed by atoms with Gasteiger partial charge < -0.3 is 76.5 Å². The van der Waals surface area contributed by atoms with Crippen LogP contribution >= 0.6 is 22.7 Å². The number of aliphatic hydroxyl groups is 2. The molecule has 31 nitrogen and oxygen atoms in total. The number of hydrogen-bond acceptors (Lipinski definition) is 24. The van der Waals surface area contributed by atoms with Crippen LogP contribution in [-0.4, -0.2) is 124 Å². The molecule has 33 heteroatoms. The standard InChI is InChI=1S/C56H55N15O16S2/c1-13-30-17-36(74)34-18-89-56(65-34)54(84-12)71-50(83)40-29(11)87-53(70-40)33(16-20(2)72)64-48(81)37(26(8)73)67-47(80)35-19-88-55(66-35)31-14-15-32(46(79)60-23(5)44(77)59-22(4)43(76)58-21(3)42(57)75)63-41(31)38-27(9)85-51(68-38)25(7)62-45(78)24(6)61-49(82)39-28(10)86-52(30)69-39/h14-20,26,37,54,72-73H,3-7,13H2,1-2,8-12H3,(H2,57,75)(H,58,76)(H,59,77)(H,60,79)(H,61,82)(H,62,78)(H,64,81)(H,67,80)(H,71,83). The second-order valence-electron chi connectivity index (χ2n) is 19.0. The third-order valence-electron chi connectivity index (χ3n) is 12.2. The average molecular weight is 1260 g/mol. The van der Waals surface area contributed by atoms with Crippen LogP contribution in [0.4, 0.5) is 0 Å². The average Bonchev–Trinajstić information content (AvgIpc) is 1.77. The Morgan fingerprint density at radius 2 is 1.28 bits per heavy atom. The summed E-state index contributed by atoms with van der Waals surface area (Å²) in [7, 11) is 1.27. The van der Waals surface area contributed by atoms with Crippen LogP contribution in [0.15, 0.2) is 104 Å². The number of fused-ring (bicyclic) bond motifs is 13. The van der Waals surface area contributed by atoms with Crippen LogP contribution in [0.3, 0.4) is 0 Å². The monoisotopic (exact) mass is 1260 g/mol. The Balaban J connectivity index is 1.26. The Bertz CT molecular complexity index is 4080. The van der Waals surface area contributed by atoms with Crippen molar-refractivity contribution >= 4 is 98.6 Å². The molecule has 0 aliphatic carbocycles. The molecule has 89 heavy (non-hydrogen) atoms. The molecule has 4 unspecified atom stereocenters. The predicted octanol–water partition coefficient (Wildman–Crippen LogP) is 2.32. The summed E-state index contributed by atoms with van der Waals surface area (Å²) in [4.78, 5) is 160. The zero-order valence-corrected chi connectivity index (χ0v) is 49.8. The lowest BCUT2D eigenvalue weighted by molar-refractivity contribution is -0.124. The fraction of sp³-hybridized carbons (Fsp3) is 0.214. The second-order valence-corrected chi connectivity index (χ2v) is 20.7. The number of allylic oxidation sites excluding steroid dienone is 2. The van der Waals surface area contributed by atoms with Crippen molar-refractivity contribution in [1.29, 1.82) is 0 Å². The molecule has 4 atom stereocenters. The summed E-state index contributed by atoms with van der Waals surface area (Å²) in [6.45, 7) is 26.2. The number of hydrogen-bond donors (Lipinski definition) is 11. The van der Waals surface area contributed by atoms with Crippen molar-refractivity contribution in [2.45, 2.75) is 72.4 Å². The highest BCUT2D eigenvalue weighted by Gasteiger charge is 2.32. The topological polar surface area (TPSA) is 459 Å². The van der Waals surface area contributed by atoms with E-state index in [1.807, 2.05) is 5.32 Å². The number of methoxy groups -OCH3 is 1. The van der Waals surface area contributed by atoms with Gasteiger partial charge in [0.15, 0.2) is 17.6 Å². The maximum Gasteiger partial charge on any atom is 0.278 e. The van der Waals surface area contributed by atoms with E-state index in [4.69, 9.17) is 23.7 Å². The van der Waals surface area contributed by atoms with Crippen molar-refractivity contribution in [3.63, 3.8) is 0 Å². The van der Waals surface area contributed by atoms with Gasteiger partial charge in [-0.2, -0.15) is 0 Å². The van der Waals surface area contributed by atoms with Crippen molar-refractivity contribution in [2.75, 3.05) is 7.11 Å². The molecule has 0 saturated heterocycles. The number of ether oxygens (including phenoxy) is 1. The zero-order chi connectivity index (χ0) is 65.5. The minimum absolute atomic E-state index is 0.00299. The number of aromatic nitrogens is 6. The van der Waals surface area contributed by atoms with Gasteiger partial charge in [0.1, 0.15) is 67.5 Å². The molecule has 0 saturated carbocycles. The van der Waals surface area contributed by atoms with Gasteiger partial charge in [-0.1, -0.05) is 39.8 Å². The number of aliphatic hydroxyl groups excluding tert-OH is 2. The fourth-order valence-electron chi connectivity index (χ4n) is 7.69. The maximum absolute atomic E-state index is 14.0. The van der Waals surface area contributed by atoms with Crippen LogP contribution in [0.25, 0.3) is 38.9 Å². The van der Waals surface area contributed by atoms with Gasteiger partial charge in [0.05, 0.1) is 40.7 Å². The molecule has 7 rings (SSSR count). The Kier molecular flexibility index (Phi) is 20.3. The summed E-state index contributed by atoms with van der Waals surface area (Å²) in [5.41, 5.74) is 1.04. The normalized spacial score (nSPS) is 16.6. The van der Waals surface area contributed by atoms with Crippen molar-refractivity contribution in [3.05, 3.63) is 159 Å². The minimum Gasteiger partial charge on any atom is -0.441 e. The van der Waals surface area contributed by atoms with Crippen molar-refractivity contribution < 1.29 is 76.1 Å². The highest BCUT2D eigenvalue weighted by Crippen LogP contribution is 2.35. The Hall–Kier alpha value is -11.0. The van der Waals surface area contributed by atoms with E-state index in [9.17, 15) is 58.2 Å². The number of carbonyl (C=O) groups excluding carboxylic acids is 10. The first-order valence-electron chi connectivity index (χ1n) is 25.9. The van der Waals surface area contributed by atoms with Crippen LogP contribution < -0.4 is 48.3 Å². The van der Waals surface area contributed by atoms with Crippen LogP contribution in [-0.2, 0) is 28.7 Å². The van der Waals surface area contributed by atoms with Gasteiger partial charge in [0.25, 0.3) is 47.3 Å². The van der Waals surface area contributed by atoms with Gasteiger partial charge in [0, 0.05) is 29.0 Å². The van der Waals surface area contributed by atoms with Crippen LogP contribution in [0.1, 0.15) is 126 Å². The van der Waals surface area contributed by atoms with E-state index in [-0.39, 0.29) is 108 Å². The van der Waals surface area contributed by atoms with Gasteiger partial charge >= 0.3 is 0 Å². The molecule has 1 aliphatic rings. The summed E-state index contributed by atoms with van der Waals surface area (Å²) in [6.07, 6.45) is -1.63. The van der Waals surface area contributed by atoms with Crippen molar-refractivity contribution in [1.82, 2.24) is 72.4 Å². The second kappa shape index (κ2) is 27.6. The van der Waals surface area contributed by atoms with E-state index < -0.39 is 112 Å². The first-order chi connectivity index (χ1) is 42.0. The van der Waals surface area contributed by atoms with Gasteiger partial charge in [-0.3, -0.25) is 47.9 Å². The quantitative estimate of drug-likeness (QED) is 0.0829. The summed E-state index contributed by atoms with van der Waals surface area (Å²) in [6, 6.07) is 0.803. The van der Waals surface area contributed by atoms with Crippen LogP contribution in [0, 0.1) is 20.8 Å². The minimum atomic E-state index is -1.74. The smallest absolute Gasteiger partial charge is 0.278 e. The van der Waals surface area contributed by atoms with E-state index in [1.165, 1.54) is 70.7 Å². The number of primary amides is 1. The van der Waals surface area contributed by atoms with Crippen molar-refractivity contribution in [2.24, 2.45) is 5.73 Å². The van der Waals surface area contributed by atoms with E-state index in [0.717, 1.165) is 28.7 Å². The third-order valence-corrected chi connectivity index (χ3v) is 14.0. The third kappa shape index (κ3) is 15.3. The first-order valence-corrected chi connectivity index (χ1v) is 27.7. The molecule has 0 fully saturated rings. The summed E-state index contributed by atoms with van der Waals surface area (Å²) >= 11 is 1.84. The number of nitrogens with two attached hydrogens (primary N) is 1. The van der Waals surface area contributed by atoms with Gasteiger partial charge in [-0.15, -0.1) is 22.7 Å². The molecule has 1 aliphatic heterocycles. The molecule has 6 aromatic heterocycles. The number of nitrogens with zero attached hydrogens (tertiary/aromatic N) is 6. The molecule has 9 amide bonds. The molecule has 0 radical (unpaired) electrons. The number of ketones is 1. The molecule has 10 bridgehead atoms. The lowest BCUT2D eigenvalue weighted by atomic mass is 10.1. The number of aryl methyl sites for hydroxylation is 3. The number of rotatable bonds is 11. The highest BCUT2D eigenvalue weighted by atomic mass is 32.1. The summed E-state index contributed by atoms with van der Waals surface area (Å²) < 4.78 is 23.0. The van der Waals surface area contributed by atoms with Gasteiger partial charge in [-0.25, -0.2) is 29.9 Å². The summed E-state index contributed by atoms with van der Waals surface area (Å²) in [5, 5.41) is 42.9. The molecular formula is C56H55N15O16S2. The van der Waals surface area contributed by atoms with Crippen LogP contribution in [0.2, 0.25) is 0 Å². The molecule has 12 N–H and O–H groups in total. The molecule has 0 spiro atoms. The number of carbonyl (C=O) groups is 10. The van der Waals surface area contributed by atoms with Gasteiger partial charge in [0.2, 0.25) is 29.4 Å². The Morgan fingerprint density at radius 1 is 0.697 bits per heavy atom. The predicted molar refractivity (Wildman–Crippen MR) is 315 cm³/mol. The molecular weight excluding hydrogens is 1200 g/mol. The molecule has 7 heterocycles. The van der Waals surface area contributed by atoms with E-state index in [0.29, 0.717) is 0 Å². The number of amides is 9. The molecule has 6 aromatic rings. The Morgan fingerprint density at radius 3 is 1.92 bits per heavy atom. The fourth-order valence-corrected chi connectivity index (χ4v) is 9.35. The lowest BCUT2D eigenvalue weighted by Crippen LogP contribution is -2.52. The zero-order valence-electron chi connectivity index (χ0n) is 48.2. The molecule has 0 aromatic carbocycles. The first kappa shape index (κ1) is 65.5. The van der Waals surface area contributed by atoms with Crippen molar-refractivity contribution in [3.8, 4) is 22.0 Å². The molecule has 462 valence electrons. The maximum atomic E-state index is 14.0. The van der Waals surface area contributed by atoms with Crippen LogP contribution in [0.5, 0.6) is 0 Å². The van der Waals surface area contributed by atoms with E-state index in [1.54, 1.807) is 6.92 Å². The highest BCUT2D eigenvalue weighted by molar-refractivity contribution is 7.13. The van der Waals surface area contributed by atoms with E-state index >= 15 is 0 Å².